The van der Waals surface area contributed by atoms with Gasteiger partial charge >= 0.3 is 0 Å². The van der Waals surface area contributed by atoms with E-state index in [-0.39, 0.29) is 19.3 Å². The first-order chi connectivity index (χ1) is 6.26. The third-order valence-corrected chi connectivity index (χ3v) is 1.99. The minimum absolute atomic E-state index is 0.117. The topological polar surface area (TPSA) is 65.4 Å². The van der Waals surface area contributed by atoms with Crippen molar-refractivity contribution in [3.8, 4) is 0 Å². The fourth-order valence-electron chi connectivity index (χ4n) is 0.819. The third-order valence-electron chi connectivity index (χ3n) is 1.52. The molecule has 1 aromatic heterocycles. The Morgan fingerprint density at radius 3 is 2.54 bits per heavy atom. The Hall–Kier alpha value is -0.650. The van der Waals surface area contributed by atoms with Crippen molar-refractivity contribution in [2.24, 2.45) is 0 Å². The maximum Gasteiger partial charge on any atom is 0.126 e. The van der Waals surface area contributed by atoms with Crippen LogP contribution in [-0.4, -0.2) is 34.5 Å². The van der Waals surface area contributed by atoms with Gasteiger partial charge in [0.05, 0.1) is 19.3 Å². The summed E-state index contributed by atoms with van der Waals surface area (Å²) in [6, 6.07) is 3.25. The molecule has 0 aliphatic heterocycles. The first-order valence-electron chi connectivity index (χ1n) is 3.86. The zero-order valence-electron chi connectivity index (χ0n) is 6.94. The van der Waals surface area contributed by atoms with Crippen LogP contribution in [0.1, 0.15) is 0 Å². The number of aliphatic hydroxyl groups is 2. The Labute approximate surface area is 84.8 Å². The van der Waals surface area contributed by atoms with Gasteiger partial charge in [0.15, 0.2) is 0 Å². The van der Waals surface area contributed by atoms with Crippen molar-refractivity contribution in [2.75, 3.05) is 18.5 Å². The van der Waals surface area contributed by atoms with Gasteiger partial charge in [-0.25, -0.2) is 4.98 Å². The monoisotopic (exact) mass is 246 g/mol. The lowest BCUT2D eigenvalue weighted by atomic mass is 10.3. The molecule has 0 fully saturated rings. The second-order valence-electron chi connectivity index (χ2n) is 2.57. The van der Waals surface area contributed by atoms with E-state index < -0.39 is 0 Å². The van der Waals surface area contributed by atoms with Crippen molar-refractivity contribution >= 4 is 21.7 Å². The normalized spacial score (nSPS) is 10.5. The second kappa shape index (κ2) is 5.16. The van der Waals surface area contributed by atoms with Gasteiger partial charge in [0.1, 0.15) is 5.82 Å². The van der Waals surface area contributed by atoms with E-state index in [1.165, 1.54) is 0 Å². The maximum absolute atomic E-state index is 8.78. The summed E-state index contributed by atoms with van der Waals surface area (Å²) in [5.74, 6) is 0.635. The molecule has 0 aliphatic rings. The lowest BCUT2D eigenvalue weighted by Gasteiger charge is -2.13. The highest BCUT2D eigenvalue weighted by molar-refractivity contribution is 9.10. The molecule has 0 atom stereocenters. The molecular formula is C8H11BrN2O2. The van der Waals surface area contributed by atoms with Gasteiger partial charge in [0.2, 0.25) is 0 Å². The number of aromatic nitrogens is 1. The molecule has 0 unspecified atom stereocenters. The molecule has 0 aromatic carbocycles. The average Bonchev–Trinajstić information content (AvgIpc) is 2.17. The predicted molar refractivity (Wildman–Crippen MR) is 53.5 cm³/mol. The van der Waals surface area contributed by atoms with Gasteiger partial charge in [0.25, 0.3) is 0 Å². The molecule has 0 amide bonds. The van der Waals surface area contributed by atoms with Crippen molar-refractivity contribution in [1.82, 2.24) is 4.98 Å². The Bertz CT molecular complexity index is 249. The van der Waals surface area contributed by atoms with Gasteiger partial charge in [0, 0.05) is 10.7 Å². The van der Waals surface area contributed by atoms with Crippen LogP contribution in [0, 0.1) is 0 Å². The average molecular weight is 247 g/mol. The molecule has 0 bridgehead atoms. The van der Waals surface area contributed by atoms with Crippen molar-refractivity contribution in [2.45, 2.75) is 6.04 Å². The summed E-state index contributed by atoms with van der Waals surface area (Å²) >= 11 is 3.26. The lowest BCUT2D eigenvalue weighted by molar-refractivity contribution is 0.203. The summed E-state index contributed by atoms with van der Waals surface area (Å²) in [5, 5.41) is 20.4. The number of hydrogen-bond acceptors (Lipinski definition) is 4. The van der Waals surface area contributed by atoms with Crippen molar-refractivity contribution in [3.05, 3.63) is 22.8 Å². The van der Waals surface area contributed by atoms with E-state index in [0.717, 1.165) is 4.47 Å². The molecule has 0 spiro atoms. The van der Waals surface area contributed by atoms with E-state index >= 15 is 0 Å². The molecule has 4 nitrogen and oxygen atoms in total. The highest BCUT2D eigenvalue weighted by Crippen LogP contribution is 2.10. The van der Waals surface area contributed by atoms with Gasteiger partial charge in [-0.1, -0.05) is 0 Å². The smallest absolute Gasteiger partial charge is 0.126 e. The summed E-state index contributed by atoms with van der Waals surface area (Å²) in [4.78, 5) is 4.03. The Morgan fingerprint density at radius 1 is 1.38 bits per heavy atom. The van der Waals surface area contributed by atoms with E-state index in [2.05, 4.69) is 26.2 Å². The summed E-state index contributed by atoms with van der Waals surface area (Å²) in [6.45, 7) is -0.234. The Balaban J connectivity index is 2.58. The summed E-state index contributed by atoms with van der Waals surface area (Å²) in [7, 11) is 0. The van der Waals surface area contributed by atoms with E-state index in [1.807, 2.05) is 6.07 Å². The molecule has 5 heteroatoms. The van der Waals surface area contributed by atoms with E-state index in [0.29, 0.717) is 5.82 Å². The van der Waals surface area contributed by atoms with Crippen LogP contribution in [0.3, 0.4) is 0 Å². The first kappa shape index (κ1) is 10.4. The zero-order valence-corrected chi connectivity index (χ0v) is 8.53. The minimum Gasteiger partial charge on any atom is -0.394 e. The number of nitrogens with zero attached hydrogens (tertiary/aromatic N) is 1. The number of hydrogen-bond donors (Lipinski definition) is 3. The standard InChI is InChI=1S/C8H11BrN2O2/c9-6-1-2-8(10-3-6)11-7(4-12)5-13/h1-3,7,12-13H,4-5H2,(H,10,11). The molecular weight excluding hydrogens is 236 g/mol. The van der Waals surface area contributed by atoms with Gasteiger partial charge in [-0.05, 0) is 28.1 Å². The molecule has 72 valence electrons. The van der Waals surface area contributed by atoms with Gasteiger partial charge in [-0.3, -0.25) is 0 Å². The first-order valence-corrected chi connectivity index (χ1v) is 4.65. The maximum atomic E-state index is 8.78. The minimum atomic E-state index is -0.353. The predicted octanol–water partition coefficient (Wildman–Crippen LogP) is 0.609. The fourth-order valence-corrected chi connectivity index (χ4v) is 1.05. The molecule has 1 heterocycles. The molecule has 1 aromatic rings. The number of halogens is 1. The number of pyridine rings is 1. The van der Waals surface area contributed by atoms with E-state index in [4.69, 9.17) is 10.2 Å². The van der Waals surface area contributed by atoms with Crippen molar-refractivity contribution in [1.29, 1.82) is 0 Å². The highest BCUT2D eigenvalue weighted by atomic mass is 79.9. The van der Waals surface area contributed by atoms with Gasteiger partial charge < -0.3 is 15.5 Å². The summed E-state index contributed by atoms with van der Waals surface area (Å²) < 4.78 is 0.891. The SMILES string of the molecule is OCC(CO)Nc1ccc(Br)cn1. The molecule has 1 rings (SSSR count). The number of anilines is 1. The fraction of sp³-hybridized carbons (Fsp3) is 0.375. The third kappa shape index (κ3) is 3.30. The summed E-state index contributed by atoms with van der Waals surface area (Å²) in [5.41, 5.74) is 0. The number of rotatable bonds is 4. The van der Waals surface area contributed by atoms with E-state index in [1.54, 1.807) is 12.3 Å². The summed E-state index contributed by atoms with van der Waals surface area (Å²) in [6.07, 6.45) is 1.65. The number of aliphatic hydroxyl groups excluding tert-OH is 2. The quantitative estimate of drug-likeness (QED) is 0.729. The van der Waals surface area contributed by atoms with Crippen LogP contribution >= 0.6 is 15.9 Å². The molecule has 0 radical (unpaired) electrons. The van der Waals surface area contributed by atoms with Crippen LogP contribution in [0.2, 0.25) is 0 Å². The second-order valence-corrected chi connectivity index (χ2v) is 3.48. The van der Waals surface area contributed by atoms with Crippen LogP contribution in [0.25, 0.3) is 0 Å². The Kier molecular flexibility index (Phi) is 4.14. The largest absolute Gasteiger partial charge is 0.394 e. The van der Waals surface area contributed by atoms with Crippen molar-refractivity contribution in [3.63, 3.8) is 0 Å². The van der Waals surface area contributed by atoms with Crippen LogP contribution < -0.4 is 5.32 Å². The molecule has 13 heavy (non-hydrogen) atoms. The van der Waals surface area contributed by atoms with Gasteiger partial charge in [-0.2, -0.15) is 0 Å². The molecule has 0 saturated heterocycles. The zero-order chi connectivity index (χ0) is 9.68. The van der Waals surface area contributed by atoms with Crippen LogP contribution in [0.5, 0.6) is 0 Å². The van der Waals surface area contributed by atoms with Crippen LogP contribution in [0.15, 0.2) is 22.8 Å². The van der Waals surface area contributed by atoms with Crippen molar-refractivity contribution < 1.29 is 10.2 Å². The van der Waals surface area contributed by atoms with Crippen LogP contribution in [-0.2, 0) is 0 Å². The van der Waals surface area contributed by atoms with Crippen LogP contribution in [0.4, 0.5) is 5.82 Å². The highest BCUT2D eigenvalue weighted by Gasteiger charge is 2.04. The molecule has 0 saturated carbocycles. The number of nitrogens with one attached hydrogen (secondary N) is 1. The molecule has 0 aliphatic carbocycles. The molecule has 3 N–H and O–H groups in total. The lowest BCUT2D eigenvalue weighted by Crippen LogP contribution is -2.27. The Morgan fingerprint density at radius 2 is 2.08 bits per heavy atom. The van der Waals surface area contributed by atoms with Gasteiger partial charge in [-0.15, -0.1) is 0 Å². The van der Waals surface area contributed by atoms with E-state index in [9.17, 15) is 0 Å².